The molecule has 0 N–H and O–H groups in total. The Morgan fingerprint density at radius 1 is 0.517 bits per heavy atom. The van der Waals surface area contributed by atoms with Gasteiger partial charge < -0.3 is 0 Å². The first-order valence-electron chi connectivity index (χ1n) is 12.2. The standard InChI is InChI=1S/2C14H23.Ca/c2*1-9(2)12-7-13(10(3)4)14(8-12)11(5)6;/h2*7-11H,1-6H3;. The minimum atomic E-state index is -1.15. The molecule has 2 unspecified atom stereocenters. The number of rotatable bonds is 8. The number of hydrogen-bond donors (Lipinski definition) is 0. The Kier molecular flexibility index (Phi) is 8.24. The third-order valence-electron chi connectivity index (χ3n) is 7.79. The Balaban J connectivity index is 2.72. The van der Waals surface area contributed by atoms with Crippen LogP contribution in [0.25, 0.3) is 0 Å². The number of allylic oxidation sites excluding steroid dienone is 8. The molecule has 2 aliphatic carbocycles. The summed E-state index contributed by atoms with van der Waals surface area (Å²) in [4.78, 5) is 0. The zero-order chi connectivity index (χ0) is 22.3. The molecule has 29 heavy (non-hydrogen) atoms. The van der Waals surface area contributed by atoms with Gasteiger partial charge in [-0.05, 0) is 0 Å². The van der Waals surface area contributed by atoms with Crippen LogP contribution < -0.4 is 0 Å². The third kappa shape index (κ3) is 4.70. The van der Waals surface area contributed by atoms with Gasteiger partial charge in [0.1, 0.15) is 0 Å². The molecule has 2 aliphatic rings. The van der Waals surface area contributed by atoms with Crippen LogP contribution in [0.5, 0.6) is 0 Å². The van der Waals surface area contributed by atoms with Crippen LogP contribution in [0.1, 0.15) is 83.1 Å². The van der Waals surface area contributed by atoms with E-state index in [-0.39, 0.29) is 0 Å². The summed E-state index contributed by atoms with van der Waals surface area (Å²) in [6.45, 7) is 29.2. The molecular formula is C28H46Ca. The van der Waals surface area contributed by atoms with Crippen molar-refractivity contribution in [3.63, 3.8) is 0 Å². The molecule has 0 aromatic rings. The van der Waals surface area contributed by atoms with Crippen molar-refractivity contribution in [1.82, 2.24) is 0 Å². The molecule has 2 atom stereocenters. The van der Waals surface area contributed by atoms with E-state index in [0.717, 1.165) is 0 Å². The van der Waals surface area contributed by atoms with E-state index in [1.807, 2.05) is 0 Å². The summed E-state index contributed by atoms with van der Waals surface area (Å²) in [5.41, 5.74) is 6.66. The molecular weight excluding hydrogens is 376 g/mol. The zero-order valence-electron chi connectivity index (χ0n) is 21.5. The Bertz CT molecular complexity index is 661. The Morgan fingerprint density at radius 2 is 0.828 bits per heavy atom. The average molecular weight is 423 g/mol. The van der Waals surface area contributed by atoms with Gasteiger partial charge in [-0.25, -0.2) is 0 Å². The molecule has 0 nitrogen and oxygen atoms in total. The van der Waals surface area contributed by atoms with Gasteiger partial charge in [0, 0.05) is 0 Å². The van der Waals surface area contributed by atoms with Crippen LogP contribution in [0, 0.1) is 35.5 Å². The first-order chi connectivity index (χ1) is 13.3. The Hall–Kier alpha value is 0.220. The molecule has 1 heteroatoms. The second kappa shape index (κ2) is 9.38. The fraction of sp³-hybridized carbons (Fsp3) is 0.714. The zero-order valence-corrected chi connectivity index (χ0v) is 23.7. The third-order valence-corrected chi connectivity index (χ3v) is 14.1. The van der Waals surface area contributed by atoms with Gasteiger partial charge in [-0.2, -0.15) is 0 Å². The van der Waals surface area contributed by atoms with E-state index in [4.69, 9.17) is 0 Å². The maximum absolute atomic E-state index is 2.76. The van der Waals surface area contributed by atoms with E-state index >= 15 is 0 Å². The van der Waals surface area contributed by atoms with Crippen molar-refractivity contribution >= 4 is 33.8 Å². The summed E-state index contributed by atoms with van der Waals surface area (Å²) in [5.74, 6) is 3.84. The van der Waals surface area contributed by atoms with Crippen LogP contribution in [0.2, 0.25) is 3.02 Å². The second-order valence-electron chi connectivity index (χ2n) is 11.7. The maximum atomic E-state index is 2.76. The molecule has 0 aliphatic heterocycles. The molecule has 0 saturated heterocycles. The van der Waals surface area contributed by atoms with Gasteiger partial charge in [-0.15, -0.1) is 0 Å². The van der Waals surface area contributed by atoms with E-state index in [1.54, 1.807) is 22.3 Å². The van der Waals surface area contributed by atoms with Gasteiger partial charge in [0.25, 0.3) is 0 Å². The van der Waals surface area contributed by atoms with Crippen molar-refractivity contribution in [2.45, 2.75) is 86.1 Å². The summed E-state index contributed by atoms with van der Waals surface area (Å²) in [5, 5.41) is 0. The van der Waals surface area contributed by atoms with Crippen LogP contribution in [0.4, 0.5) is 0 Å². The van der Waals surface area contributed by atoms with Crippen molar-refractivity contribution in [3.05, 3.63) is 46.6 Å². The van der Waals surface area contributed by atoms with Crippen LogP contribution >= 0.6 is 0 Å². The molecule has 0 heterocycles. The van der Waals surface area contributed by atoms with E-state index in [9.17, 15) is 0 Å². The monoisotopic (exact) mass is 422 g/mol. The molecule has 0 saturated carbocycles. The van der Waals surface area contributed by atoms with Crippen molar-refractivity contribution < 1.29 is 0 Å². The van der Waals surface area contributed by atoms with E-state index in [1.165, 1.54) is 0 Å². The first kappa shape index (κ1) is 25.5. The Labute approximate surface area is 200 Å². The fourth-order valence-electron chi connectivity index (χ4n) is 5.75. The van der Waals surface area contributed by atoms with Crippen LogP contribution in [-0.4, -0.2) is 33.8 Å². The van der Waals surface area contributed by atoms with Crippen LogP contribution in [0.15, 0.2) is 46.6 Å². The SMILES string of the molecule is CC(C)C1=C[C]([Ca][C]2(C(C)C)C=C(C(C)C)C=C2C(C)C)(C(C)C)C(C(C)C)=C1. The predicted molar refractivity (Wildman–Crippen MR) is 133 cm³/mol. The summed E-state index contributed by atoms with van der Waals surface area (Å²) < 4.78 is 0.671. The molecule has 2 rings (SSSR count). The van der Waals surface area contributed by atoms with Gasteiger partial charge in [-0.1, -0.05) is 0 Å². The van der Waals surface area contributed by atoms with Crippen LogP contribution in [-0.2, 0) is 0 Å². The molecule has 0 aromatic carbocycles. The van der Waals surface area contributed by atoms with Crippen molar-refractivity contribution in [1.29, 1.82) is 0 Å². The van der Waals surface area contributed by atoms with Crippen molar-refractivity contribution in [2.75, 3.05) is 0 Å². The van der Waals surface area contributed by atoms with Crippen LogP contribution in [0.3, 0.4) is 0 Å². The summed E-state index contributed by atoms with van der Waals surface area (Å²) in [6, 6.07) is 0. The molecule has 0 spiro atoms. The topological polar surface area (TPSA) is 0 Å². The first-order valence-corrected chi connectivity index (χ1v) is 14.4. The van der Waals surface area contributed by atoms with Crippen molar-refractivity contribution in [2.24, 2.45) is 35.5 Å². The minimum absolute atomic E-state index is 0.335. The Morgan fingerprint density at radius 3 is 1.03 bits per heavy atom. The predicted octanol–water partition coefficient (Wildman–Crippen LogP) is 8.68. The molecule has 160 valence electrons. The van der Waals surface area contributed by atoms with Gasteiger partial charge in [0.15, 0.2) is 0 Å². The van der Waals surface area contributed by atoms with Gasteiger partial charge in [0.2, 0.25) is 0 Å². The average Bonchev–Trinajstić information content (AvgIpc) is 3.16. The molecule has 0 aromatic heterocycles. The van der Waals surface area contributed by atoms with Gasteiger partial charge in [0.05, 0.1) is 0 Å². The summed E-state index contributed by atoms with van der Waals surface area (Å²) >= 11 is -1.15. The van der Waals surface area contributed by atoms with Gasteiger partial charge in [-0.3, -0.25) is 0 Å². The fourth-order valence-corrected chi connectivity index (χ4v) is 11.8. The molecule has 0 amide bonds. The molecule has 0 radical (unpaired) electrons. The summed E-state index contributed by atoms with van der Waals surface area (Å²) in [6.07, 6.45) is 10.7. The molecule has 0 fully saturated rings. The van der Waals surface area contributed by atoms with E-state index in [0.29, 0.717) is 38.5 Å². The van der Waals surface area contributed by atoms with E-state index < -0.39 is 33.8 Å². The second-order valence-corrected chi connectivity index (χ2v) is 15.9. The normalized spacial score (nSPS) is 27.4. The van der Waals surface area contributed by atoms with Gasteiger partial charge >= 0.3 is 202 Å². The summed E-state index contributed by atoms with van der Waals surface area (Å²) in [7, 11) is 0. The van der Waals surface area contributed by atoms with E-state index in [2.05, 4.69) is 107 Å². The quantitative estimate of drug-likeness (QED) is 0.343. The number of hydrogen-bond acceptors (Lipinski definition) is 0. The van der Waals surface area contributed by atoms with Crippen molar-refractivity contribution in [3.8, 4) is 0 Å². The molecule has 0 bridgehead atoms.